The zero-order valence-corrected chi connectivity index (χ0v) is 18.8. The summed E-state index contributed by atoms with van der Waals surface area (Å²) in [5.74, 6) is 2.27. The molecule has 5 rings (SSSR count). The Balaban J connectivity index is 1.13. The lowest BCUT2D eigenvalue weighted by atomic mass is 9.96. The van der Waals surface area contributed by atoms with E-state index in [9.17, 15) is 4.79 Å². The lowest BCUT2D eigenvalue weighted by Gasteiger charge is -2.32. The van der Waals surface area contributed by atoms with Gasteiger partial charge in [0, 0.05) is 37.6 Å². The number of thioether (sulfide) groups is 1. The zero-order valence-electron chi connectivity index (χ0n) is 17.2. The fourth-order valence-corrected chi connectivity index (χ4v) is 6.05. The highest BCUT2D eigenvalue weighted by atomic mass is 32.2. The number of amides is 1. The van der Waals surface area contributed by atoms with Crippen molar-refractivity contribution in [1.29, 1.82) is 0 Å². The molecule has 0 unspecified atom stereocenters. The van der Waals surface area contributed by atoms with E-state index >= 15 is 0 Å². The molecule has 4 aromatic rings. The smallest absolute Gasteiger partial charge is 0.233 e. The molecular weight excluding hydrogens is 424 g/mol. The van der Waals surface area contributed by atoms with E-state index in [1.165, 1.54) is 4.70 Å². The van der Waals surface area contributed by atoms with Crippen molar-refractivity contribution in [1.82, 2.24) is 19.4 Å². The first-order chi connectivity index (χ1) is 15.3. The number of hydrogen-bond acceptors (Lipinski definition) is 5. The van der Waals surface area contributed by atoms with Crippen molar-refractivity contribution in [3.05, 3.63) is 67.0 Å². The topological polar surface area (TPSA) is 51.0 Å². The van der Waals surface area contributed by atoms with Crippen LogP contribution >= 0.6 is 23.1 Å². The second kappa shape index (κ2) is 9.24. The van der Waals surface area contributed by atoms with E-state index in [1.54, 1.807) is 23.1 Å². The van der Waals surface area contributed by atoms with Crippen molar-refractivity contribution in [2.24, 2.45) is 5.92 Å². The molecule has 1 aliphatic heterocycles. The minimum absolute atomic E-state index is 0.218. The number of benzene rings is 2. The molecule has 0 aliphatic carbocycles. The number of thiazole rings is 1. The van der Waals surface area contributed by atoms with Gasteiger partial charge in [0.2, 0.25) is 5.91 Å². The van der Waals surface area contributed by atoms with Crippen LogP contribution in [0.3, 0.4) is 0 Å². The molecule has 5 nitrogen and oxygen atoms in total. The van der Waals surface area contributed by atoms with E-state index in [4.69, 9.17) is 0 Å². The first-order valence-corrected chi connectivity index (χ1v) is 12.4. The molecule has 2 aromatic heterocycles. The summed E-state index contributed by atoms with van der Waals surface area (Å²) in [6, 6.07) is 18.4. The van der Waals surface area contributed by atoms with Gasteiger partial charge in [-0.2, -0.15) is 0 Å². The maximum Gasteiger partial charge on any atom is 0.233 e. The van der Waals surface area contributed by atoms with Crippen LogP contribution in [-0.2, 0) is 11.3 Å². The minimum atomic E-state index is 0.218. The molecule has 0 saturated carbocycles. The van der Waals surface area contributed by atoms with Gasteiger partial charge in [0.1, 0.15) is 5.82 Å². The monoisotopic (exact) mass is 448 g/mol. The molecule has 1 aliphatic rings. The van der Waals surface area contributed by atoms with Gasteiger partial charge in [0.05, 0.1) is 16.0 Å². The third kappa shape index (κ3) is 4.67. The predicted octanol–water partition coefficient (Wildman–Crippen LogP) is 5.19. The Hall–Kier alpha value is -2.64. The van der Waals surface area contributed by atoms with Gasteiger partial charge in [-0.05, 0) is 30.9 Å². The fraction of sp³-hybridized carbons (Fsp3) is 0.292. The van der Waals surface area contributed by atoms with Crippen LogP contribution in [0, 0.1) is 5.92 Å². The molecule has 158 valence electrons. The van der Waals surface area contributed by atoms with Crippen LogP contribution in [0.2, 0.25) is 0 Å². The maximum absolute atomic E-state index is 12.7. The summed E-state index contributed by atoms with van der Waals surface area (Å²) < 4.78 is 4.39. The average molecular weight is 449 g/mol. The van der Waals surface area contributed by atoms with E-state index in [-0.39, 0.29) is 5.91 Å². The van der Waals surface area contributed by atoms with E-state index in [0.29, 0.717) is 11.7 Å². The summed E-state index contributed by atoms with van der Waals surface area (Å²) in [6.45, 7) is 2.62. The SMILES string of the molecule is O=C(CSc1nc2ccccc2s1)N1CCC(Cn2ccnc2-c2ccccc2)CC1. The lowest BCUT2D eigenvalue weighted by Crippen LogP contribution is -2.40. The Morgan fingerprint density at radius 3 is 2.65 bits per heavy atom. The largest absolute Gasteiger partial charge is 0.342 e. The van der Waals surface area contributed by atoms with Crippen LogP contribution in [0.4, 0.5) is 0 Å². The summed E-state index contributed by atoms with van der Waals surface area (Å²) in [6.07, 6.45) is 6.00. The summed E-state index contributed by atoms with van der Waals surface area (Å²) in [5, 5.41) is 0. The van der Waals surface area contributed by atoms with Crippen LogP contribution in [0.25, 0.3) is 21.6 Å². The number of carbonyl (C=O) groups excluding carboxylic acids is 1. The number of fused-ring (bicyclic) bond motifs is 1. The average Bonchev–Trinajstić information content (AvgIpc) is 3.45. The maximum atomic E-state index is 12.7. The van der Waals surface area contributed by atoms with Crippen molar-refractivity contribution in [2.45, 2.75) is 23.7 Å². The number of para-hydroxylation sites is 1. The molecule has 0 bridgehead atoms. The molecule has 0 radical (unpaired) electrons. The quantitative estimate of drug-likeness (QED) is 0.381. The number of hydrogen-bond donors (Lipinski definition) is 0. The van der Waals surface area contributed by atoms with Crippen LogP contribution in [-0.4, -0.2) is 44.2 Å². The second-order valence-electron chi connectivity index (χ2n) is 7.83. The highest BCUT2D eigenvalue weighted by Crippen LogP contribution is 2.30. The molecule has 1 fully saturated rings. The molecule has 0 N–H and O–H groups in total. The fourth-order valence-electron chi connectivity index (χ4n) is 4.07. The van der Waals surface area contributed by atoms with Gasteiger partial charge >= 0.3 is 0 Å². The van der Waals surface area contributed by atoms with Crippen LogP contribution in [0.1, 0.15) is 12.8 Å². The predicted molar refractivity (Wildman–Crippen MR) is 127 cm³/mol. The Kier molecular flexibility index (Phi) is 6.04. The highest BCUT2D eigenvalue weighted by molar-refractivity contribution is 8.01. The lowest BCUT2D eigenvalue weighted by molar-refractivity contribution is -0.129. The van der Waals surface area contributed by atoms with E-state index in [0.717, 1.165) is 53.7 Å². The van der Waals surface area contributed by atoms with Crippen molar-refractivity contribution in [2.75, 3.05) is 18.8 Å². The normalized spacial score (nSPS) is 14.9. The van der Waals surface area contributed by atoms with E-state index in [1.807, 2.05) is 47.5 Å². The first kappa shape index (κ1) is 20.3. The Labute approximate surface area is 190 Å². The molecule has 2 aromatic carbocycles. The Bertz CT molecular complexity index is 1130. The summed E-state index contributed by atoms with van der Waals surface area (Å²) >= 11 is 3.22. The molecule has 31 heavy (non-hydrogen) atoms. The van der Waals surface area contributed by atoms with Gasteiger partial charge in [0.15, 0.2) is 4.34 Å². The zero-order chi connectivity index (χ0) is 21.0. The molecule has 7 heteroatoms. The van der Waals surface area contributed by atoms with E-state index < -0.39 is 0 Å². The third-order valence-corrected chi connectivity index (χ3v) is 7.93. The first-order valence-electron chi connectivity index (χ1n) is 10.6. The number of nitrogens with zero attached hydrogens (tertiary/aromatic N) is 4. The van der Waals surface area contributed by atoms with Crippen molar-refractivity contribution in [3.8, 4) is 11.4 Å². The summed E-state index contributed by atoms with van der Waals surface area (Å²) in [5.41, 5.74) is 2.16. The molecule has 0 atom stereocenters. The van der Waals surface area contributed by atoms with Gasteiger partial charge in [-0.25, -0.2) is 9.97 Å². The molecule has 1 amide bonds. The van der Waals surface area contributed by atoms with Crippen molar-refractivity contribution < 1.29 is 4.79 Å². The van der Waals surface area contributed by atoms with Gasteiger partial charge in [0.25, 0.3) is 0 Å². The number of rotatable bonds is 6. The summed E-state index contributed by atoms with van der Waals surface area (Å²) in [4.78, 5) is 23.9. The molecule has 3 heterocycles. The Morgan fingerprint density at radius 2 is 1.84 bits per heavy atom. The van der Waals surface area contributed by atoms with Gasteiger partial charge in [-0.1, -0.05) is 54.2 Å². The number of piperidine rings is 1. The highest BCUT2D eigenvalue weighted by Gasteiger charge is 2.24. The van der Waals surface area contributed by atoms with Gasteiger partial charge < -0.3 is 9.47 Å². The molecular formula is C24H24N4OS2. The number of aromatic nitrogens is 3. The van der Waals surface area contributed by atoms with Crippen LogP contribution in [0.15, 0.2) is 71.3 Å². The Morgan fingerprint density at radius 1 is 1.06 bits per heavy atom. The second-order valence-corrected chi connectivity index (χ2v) is 10.1. The number of imidazole rings is 1. The van der Waals surface area contributed by atoms with Crippen molar-refractivity contribution in [3.63, 3.8) is 0 Å². The minimum Gasteiger partial charge on any atom is -0.342 e. The van der Waals surface area contributed by atoms with Crippen molar-refractivity contribution >= 4 is 39.2 Å². The summed E-state index contributed by atoms with van der Waals surface area (Å²) in [7, 11) is 0. The van der Waals surface area contributed by atoms with E-state index in [2.05, 4.69) is 38.9 Å². The third-order valence-electron chi connectivity index (χ3n) is 5.76. The molecule has 1 saturated heterocycles. The van der Waals surface area contributed by atoms with Gasteiger partial charge in [-0.3, -0.25) is 4.79 Å². The van der Waals surface area contributed by atoms with Gasteiger partial charge in [-0.15, -0.1) is 11.3 Å². The number of likely N-dealkylation sites (tertiary alicyclic amines) is 1. The van der Waals surface area contributed by atoms with Crippen LogP contribution in [0.5, 0.6) is 0 Å². The number of carbonyl (C=O) groups is 1. The standard InChI is InChI=1S/C24H24N4OS2/c29-22(17-30-24-26-20-8-4-5-9-21(20)31-24)27-13-10-18(11-14-27)16-28-15-12-25-23(28)19-6-2-1-3-7-19/h1-9,12,15,18H,10-11,13-14,16-17H2. The molecule has 0 spiro atoms. The van der Waals surface area contributed by atoms with Crippen LogP contribution < -0.4 is 0 Å².